The lowest BCUT2D eigenvalue weighted by molar-refractivity contribution is 0.890. The van der Waals surface area contributed by atoms with Crippen molar-refractivity contribution in [1.29, 1.82) is 0 Å². The van der Waals surface area contributed by atoms with Gasteiger partial charge in [-0.25, -0.2) is 0 Å². The summed E-state index contributed by atoms with van der Waals surface area (Å²) >= 11 is 0. The Balaban J connectivity index is 2.15. The molecule has 0 amide bonds. The second-order valence-electron chi connectivity index (χ2n) is 4.11. The van der Waals surface area contributed by atoms with E-state index < -0.39 is 0 Å². The Morgan fingerprint density at radius 2 is 1.63 bits per heavy atom. The summed E-state index contributed by atoms with van der Waals surface area (Å²) < 4.78 is 1.75. The molecule has 0 saturated carbocycles. The highest BCUT2D eigenvalue weighted by molar-refractivity contribution is 5.72. The minimum atomic E-state index is 0.405. The van der Waals surface area contributed by atoms with Gasteiger partial charge in [-0.15, -0.1) is 0 Å². The van der Waals surface area contributed by atoms with E-state index in [0.717, 1.165) is 16.8 Å². The van der Waals surface area contributed by atoms with Gasteiger partial charge in [0, 0.05) is 11.8 Å². The zero-order valence-electron chi connectivity index (χ0n) is 10.2. The maximum absolute atomic E-state index is 6.99. The molecule has 1 heterocycles. The van der Waals surface area contributed by atoms with Crippen LogP contribution >= 0.6 is 0 Å². The highest BCUT2D eigenvalue weighted by Crippen LogP contribution is 2.26. The number of hydrogen-bond acceptors (Lipinski definition) is 1. The molecule has 3 heteroatoms. The summed E-state index contributed by atoms with van der Waals surface area (Å²) in [5.74, 6) is 0.405. The molecule has 0 unspecified atom stereocenters. The molecule has 0 bridgehead atoms. The first-order valence-corrected chi connectivity index (χ1v) is 5.96. The van der Waals surface area contributed by atoms with E-state index in [1.165, 1.54) is 0 Å². The Hall–Kier alpha value is -2.86. The Morgan fingerprint density at radius 3 is 2.37 bits per heavy atom. The third-order valence-corrected chi connectivity index (χ3v) is 2.93. The van der Waals surface area contributed by atoms with Crippen LogP contribution in [-0.2, 0) is 0 Å². The zero-order valence-corrected chi connectivity index (χ0v) is 10.2. The standard InChI is InChI=1S/C16H11N3/c1-17-16-11-12-19(18-16)15-10-6-5-9-14(15)13-7-3-2-4-8-13/h2-12H. The van der Waals surface area contributed by atoms with Crippen LogP contribution in [-0.4, -0.2) is 9.78 Å². The molecule has 0 fully saturated rings. The molecule has 3 rings (SSSR count). The summed E-state index contributed by atoms with van der Waals surface area (Å²) in [4.78, 5) is 3.34. The van der Waals surface area contributed by atoms with Crippen LogP contribution in [0.4, 0.5) is 5.82 Å². The molecule has 0 aliphatic rings. The van der Waals surface area contributed by atoms with E-state index in [2.05, 4.69) is 28.1 Å². The molecular formula is C16H11N3. The fourth-order valence-corrected chi connectivity index (χ4v) is 2.04. The van der Waals surface area contributed by atoms with Crippen LogP contribution in [0.1, 0.15) is 0 Å². The van der Waals surface area contributed by atoms with E-state index >= 15 is 0 Å². The molecular weight excluding hydrogens is 234 g/mol. The van der Waals surface area contributed by atoms with Crippen LogP contribution in [0, 0.1) is 6.57 Å². The van der Waals surface area contributed by atoms with Gasteiger partial charge in [-0.05, 0) is 22.8 Å². The predicted molar refractivity (Wildman–Crippen MR) is 75.3 cm³/mol. The Labute approximate surface area is 111 Å². The maximum atomic E-state index is 6.99. The van der Waals surface area contributed by atoms with Crippen LogP contribution in [0.5, 0.6) is 0 Å². The largest absolute Gasteiger partial charge is 0.359 e. The van der Waals surface area contributed by atoms with Gasteiger partial charge in [0.1, 0.15) is 0 Å². The second kappa shape index (κ2) is 4.79. The zero-order chi connectivity index (χ0) is 13.1. The molecule has 0 aliphatic heterocycles. The van der Waals surface area contributed by atoms with Crippen LogP contribution in [0.2, 0.25) is 0 Å². The Bertz CT molecular complexity index is 736. The average Bonchev–Trinajstić information content (AvgIpc) is 2.97. The van der Waals surface area contributed by atoms with Crippen molar-refractivity contribution >= 4 is 5.82 Å². The smallest absolute Gasteiger partial charge is 0.295 e. The lowest BCUT2D eigenvalue weighted by Crippen LogP contribution is -1.96. The third kappa shape index (κ3) is 2.12. The number of hydrogen-bond donors (Lipinski definition) is 0. The van der Waals surface area contributed by atoms with E-state index in [4.69, 9.17) is 6.57 Å². The molecule has 90 valence electrons. The molecule has 1 aromatic heterocycles. The summed E-state index contributed by atoms with van der Waals surface area (Å²) in [5.41, 5.74) is 3.21. The van der Waals surface area contributed by atoms with Gasteiger partial charge in [0.15, 0.2) is 0 Å². The van der Waals surface area contributed by atoms with Crippen molar-refractivity contribution in [1.82, 2.24) is 9.78 Å². The summed E-state index contributed by atoms with van der Waals surface area (Å²) in [7, 11) is 0. The van der Waals surface area contributed by atoms with Crippen LogP contribution in [0.3, 0.4) is 0 Å². The quantitative estimate of drug-likeness (QED) is 0.623. The van der Waals surface area contributed by atoms with Crippen molar-refractivity contribution in [3.63, 3.8) is 0 Å². The molecule has 0 saturated heterocycles. The lowest BCUT2D eigenvalue weighted by atomic mass is 10.0. The normalized spacial score (nSPS) is 10.1. The molecule has 3 nitrogen and oxygen atoms in total. The molecule has 0 aliphatic carbocycles. The first kappa shape index (κ1) is 11.2. The second-order valence-corrected chi connectivity index (χ2v) is 4.11. The van der Waals surface area contributed by atoms with Crippen molar-refractivity contribution in [3.8, 4) is 16.8 Å². The third-order valence-electron chi connectivity index (χ3n) is 2.93. The van der Waals surface area contributed by atoms with Crippen molar-refractivity contribution in [2.75, 3.05) is 0 Å². The van der Waals surface area contributed by atoms with Gasteiger partial charge in [-0.2, -0.15) is 4.68 Å². The molecule has 0 atom stereocenters. The summed E-state index contributed by atoms with van der Waals surface area (Å²) in [6.07, 6.45) is 1.81. The van der Waals surface area contributed by atoms with Gasteiger partial charge in [0.05, 0.1) is 5.69 Å². The average molecular weight is 245 g/mol. The van der Waals surface area contributed by atoms with Gasteiger partial charge >= 0.3 is 0 Å². The van der Waals surface area contributed by atoms with Crippen molar-refractivity contribution in [2.45, 2.75) is 0 Å². The fraction of sp³-hybridized carbons (Fsp3) is 0. The molecule has 0 N–H and O–H groups in total. The first-order chi connectivity index (χ1) is 9.38. The highest BCUT2D eigenvalue weighted by Gasteiger charge is 2.09. The first-order valence-electron chi connectivity index (χ1n) is 5.96. The minimum Gasteiger partial charge on any atom is -0.359 e. The SMILES string of the molecule is [C-]#[N+]c1ccn(-c2ccccc2-c2ccccc2)n1. The summed E-state index contributed by atoms with van der Waals surface area (Å²) in [5, 5.41) is 4.25. The summed E-state index contributed by atoms with van der Waals surface area (Å²) in [6, 6.07) is 19.9. The monoisotopic (exact) mass is 245 g/mol. The molecule has 19 heavy (non-hydrogen) atoms. The van der Waals surface area contributed by atoms with Crippen LogP contribution in [0.25, 0.3) is 21.7 Å². The van der Waals surface area contributed by atoms with E-state index in [0.29, 0.717) is 5.82 Å². The van der Waals surface area contributed by atoms with Crippen LogP contribution < -0.4 is 0 Å². The molecule has 0 radical (unpaired) electrons. The molecule has 2 aromatic carbocycles. The number of aromatic nitrogens is 2. The van der Waals surface area contributed by atoms with Crippen molar-refractivity contribution < 1.29 is 0 Å². The number of nitrogens with zero attached hydrogens (tertiary/aromatic N) is 3. The van der Waals surface area contributed by atoms with Crippen LogP contribution in [0.15, 0.2) is 66.9 Å². The Morgan fingerprint density at radius 1 is 0.895 bits per heavy atom. The minimum absolute atomic E-state index is 0.405. The topological polar surface area (TPSA) is 22.2 Å². The van der Waals surface area contributed by atoms with E-state index in [-0.39, 0.29) is 0 Å². The highest BCUT2D eigenvalue weighted by atomic mass is 15.3. The van der Waals surface area contributed by atoms with Gasteiger partial charge < -0.3 is 4.85 Å². The van der Waals surface area contributed by atoms with Gasteiger partial charge in [0.2, 0.25) is 0 Å². The molecule has 0 spiro atoms. The summed E-state index contributed by atoms with van der Waals surface area (Å²) in [6.45, 7) is 6.99. The van der Waals surface area contributed by atoms with Crippen molar-refractivity contribution in [2.24, 2.45) is 0 Å². The van der Waals surface area contributed by atoms with Gasteiger partial charge in [-0.1, -0.05) is 55.1 Å². The predicted octanol–water partition coefficient (Wildman–Crippen LogP) is 4.09. The molecule has 3 aromatic rings. The van der Waals surface area contributed by atoms with E-state index in [1.54, 1.807) is 10.7 Å². The van der Waals surface area contributed by atoms with E-state index in [1.807, 2.05) is 42.6 Å². The van der Waals surface area contributed by atoms with Gasteiger partial charge in [0.25, 0.3) is 5.82 Å². The fourth-order valence-electron chi connectivity index (χ4n) is 2.04. The lowest BCUT2D eigenvalue weighted by Gasteiger charge is -2.07. The number of benzene rings is 2. The van der Waals surface area contributed by atoms with E-state index in [9.17, 15) is 0 Å². The Kier molecular flexibility index (Phi) is 2.83. The number of rotatable bonds is 2. The van der Waals surface area contributed by atoms with Crippen molar-refractivity contribution in [3.05, 3.63) is 78.3 Å². The van der Waals surface area contributed by atoms with Gasteiger partial charge in [-0.3, -0.25) is 0 Å². The number of para-hydroxylation sites is 1. The maximum Gasteiger partial charge on any atom is 0.295 e.